The van der Waals surface area contributed by atoms with Crippen molar-refractivity contribution in [1.82, 2.24) is 14.9 Å². The standard InChI is InChI=1S/C13H19N3/c1-10(2)9-16-12-7-5-4-6-11(12)15-13(16)8-14-3/h4-7,10,14H,8-9H2,1-3H3. The van der Waals surface area contributed by atoms with Crippen molar-refractivity contribution in [2.45, 2.75) is 26.9 Å². The number of fused-ring (bicyclic) bond motifs is 1. The lowest BCUT2D eigenvalue weighted by molar-refractivity contribution is 0.511. The smallest absolute Gasteiger partial charge is 0.123 e. The number of nitrogens with zero attached hydrogens (tertiary/aromatic N) is 2. The van der Waals surface area contributed by atoms with Crippen molar-refractivity contribution in [2.75, 3.05) is 7.05 Å². The van der Waals surface area contributed by atoms with E-state index in [1.54, 1.807) is 0 Å². The van der Waals surface area contributed by atoms with Crippen LogP contribution in [0.1, 0.15) is 19.7 Å². The molecule has 0 saturated heterocycles. The second kappa shape index (κ2) is 4.66. The van der Waals surface area contributed by atoms with E-state index in [2.05, 4.69) is 46.9 Å². The summed E-state index contributed by atoms with van der Waals surface area (Å²) in [6, 6.07) is 8.33. The number of hydrogen-bond acceptors (Lipinski definition) is 2. The molecule has 1 heterocycles. The van der Waals surface area contributed by atoms with Crippen LogP contribution in [-0.4, -0.2) is 16.6 Å². The fourth-order valence-electron chi connectivity index (χ4n) is 1.99. The van der Waals surface area contributed by atoms with Gasteiger partial charge in [0.2, 0.25) is 0 Å². The number of hydrogen-bond donors (Lipinski definition) is 1. The second-order valence-corrected chi connectivity index (χ2v) is 4.55. The summed E-state index contributed by atoms with van der Waals surface area (Å²) in [6.07, 6.45) is 0. The highest BCUT2D eigenvalue weighted by Gasteiger charge is 2.10. The Kier molecular flexibility index (Phi) is 3.25. The normalized spacial score (nSPS) is 11.5. The van der Waals surface area contributed by atoms with Crippen molar-refractivity contribution in [2.24, 2.45) is 5.92 Å². The van der Waals surface area contributed by atoms with Gasteiger partial charge in [0, 0.05) is 6.54 Å². The van der Waals surface area contributed by atoms with Gasteiger partial charge in [-0.05, 0) is 25.1 Å². The van der Waals surface area contributed by atoms with Gasteiger partial charge in [-0.15, -0.1) is 0 Å². The van der Waals surface area contributed by atoms with E-state index >= 15 is 0 Å². The van der Waals surface area contributed by atoms with Crippen molar-refractivity contribution >= 4 is 11.0 Å². The Morgan fingerprint density at radius 3 is 2.75 bits per heavy atom. The SMILES string of the molecule is CNCc1nc2ccccc2n1CC(C)C. The number of para-hydroxylation sites is 2. The van der Waals surface area contributed by atoms with Crippen molar-refractivity contribution in [3.05, 3.63) is 30.1 Å². The van der Waals surface area contributed by atoms with Crippen LogP contribution in [0.2, 0.25) is 0 Å². The fourth-order valence-corrected chi connectivity index (χ4v) is 1.99. The van der Waals surface area contributed by atoms with Gasteiger partial charge < -0.3 is 9.88 Å². The Hall–Kier alpha value is -1.35. The van der Waals surface area contributed by atoms with Crippen LogP contribution in [0, 0.1) is 5.92 Å². The molecule has 0 unspecified atom stereocenters. The highest BCUT2D eigenvalue weighted by Crippen LogP contribution is 2.17. The molecule has 0 atom stereocenters. The molecule has 0 radical (unpaired) electrons. The van der Waals surface area contributed by atoms with Crippen LogP contribution in [0.5, 0.6) is 0 Å². The number of benzene rings is 1. The number of rotatable bonds is 4. The Labute approximate surface area is 96.5 Å². The molecule has 1 aromatic carbocycles. The van der Waals surface area contributed by atoms with Gasteiger partial charge in [0.1, 0.15) is 5.82 Å². The predicted octanol–water partition coefficient (Wildman–Crippen LogP) is 2.41. The van der Waals surface area contributed by atoms with Crippen LogP contribution in [0.25, 0.3) is 11.0 Å². The topological polar surface area (TPSA) is 29.9 Å². The molecule has 0 fully saturated rings. The first-order valence-corrected chi connectivity index (χ1v) is 5.81. The van der Waals surface area contributed by atoms with Crippen LogP contribution >= 0.6 is 0 Å². The fraction of sp³-hybridized carbons (Fsp3) is 0.462. The summed E-state index contributed by atoms with van der Waals surface area (Å²) in [6.45, 7) is 6.31. The van der Waals surface area contributed by atoms with E-state index in [1.807, 2.05) is 13.1 Å². The first-order valence-electron chi connectivity index (χ1n) is 5.81. The number of imidazole rings is 1. The van der Waals surface area contributed by atoms with E-state index in [-0.39, 0.29) is 0 Å². The maximum atomic E-state index is 4.66. The molecule has 2 aromatic rings. The van der Waals surface area contributed by atoms with Crippen LogP contribution in [0.3, 0.4) is 0 Å². The quantitative estimate of drug-likeness (QED) is 0.852. The van der Waals surface area contributed by atoms with Crippen molar-refractivity contribution in [1.29, 1.82) is 0 Å². The summed E-state index contributed by atoms with van der Waals surface area (Å²) in [5, 5.41) is 3.18. The van der Waals surface area contributed by atoms with Gasteiger partial charge in [-0.25, -0.2) is 4.98 Å². The van der Waals surface area contributed by atoms with Crippen LogP contribution in [0.15, 0.2) is 24.3 Å². The molecule has 3 heteroatoms. The highest BCUT2D eigenvalue weighted by molar-refractivity contribution is 5.75. The van der Waals surface area contributed by atoms with Gasteiger partial charge >= 0.3 is 0 Å². The van der Waals surface area contributed by atoms with E-state index in [1.165, 1.54) is 5.52 Å². The van der Waals surface area contributed by atoms with Crippen molar-refractivity contribution in [3.63, 3.8) is 0 Å². The van der Waals surface area contributed by atoms with Crippen molar-refractivity contribution < 1.29 is 0 Å². The summed E-state index contributed by atoms with van der Waals surface area (Å²) in [5.74, 6) is 1.76. The molecule has 0 bridgehead atoms. The lowest BCUT2D eigenvalue weighted by atomic mass is 10.2. The van der Waals surface area contributed by atoms with Crippen molar-refractivity contribution in [3.8, 4) is 0 Å². The third kappa shape index (κ3) is 2.09. The Balaban J connectivity index is 2.50. The maximum absolute atomic E-state index is 4.66. The molecule has 0 saturated carbocycles. The second-order valence-electron chi connectivity index (χ2n) is 4.55. The maximum Gasteiger partial charge on any atom is 0.123 e. The average Bonchev–Trinajstić information content (AvgIpc) is 2.57. The molecular formula is C13H19N3. The van der Waals surface area contributed by atoms with Crippen LogP contribution in [-0.2, 0) is 13.1 Å². The van der Waals surface area contributed by atoms with Gasteiger partial charge in [-0.2, -0.15) is 0 Å². The molecule has 16 heavy (non-hydrogen) atoms. The van der Waals surface area contributed by atoms with Gasteiger partial charge in [0.15, 0.2) is 0 Å². The predicted molar refractivity (Wildman–Crippen MR) is 67.3 cm³/mol. The van der Waals surface area contributed by atoms with E-state index in [0.29, 0.717) is 5.92 Å². The third-order valence-electron chi connectivity index (χ3n) is 2.62. The lowest BCUT2D eigenvalue weighted by Crippen LogP contribution is -2.14. The summed E-state index contributed by atoms with van der Waals surface area (Å²) in [7, 11) is 1.96. The zero-order valence-corrected chi connectivity index (χ0v) is 10.2. The molecule has 2 rings (SSSR count). The Bertz CT molecular complexity index is 471. The number of nitrogens with one attached hydrogen (secondary N) is 1. The van der Waals surface area contributed by atoms with E-state index in [9.17, 15) is 0 Å². The first-order chi connectivity index (χ1) is 7.72. The van der Waals surface area contributed by atoms with E-state index in [0.717, 1.165) is 24.4 Å². The Morgan fingerprint density at radius 2 is 2.06 bits per heavy atom. The molecule has 0 aliphatic carbocycles. The highest BCUT2D eigenvalue weighted by atomic mass is 15.1. The molecule has 3 nitrogen and oxygen atoms in total. The lowest BCUT2D eigenvalue weighted by Gasteiger charge is -2.11. The zero-order valence-electron chi connectivity index (χ0n) is 10.2. The van der Waals surface area contributed by atoms with Gasteiger partial charge in [-0.3, -0.25) is 0 Å². The summed E-state index contributed by atoms with van der Waals surface area (Å²) in [4.78, 5) is 4.66. The minimum Gasteiger partial charge on any atom is -0.327 e. The number of aromatic nitrogens is 2. The first kappa shape index (κ1) is 11.1. The largest absolute Gasteiger partial charge is 0.327 e. The average molecular weight is 217 g/mol. The summed E-state index contributed by atoms with van der Waals surface area (Å²) >= 11 is 0. The molecule has 86 valence electrons. The van der Waals surface area contributed by atoms with Crippen LogP contribution < -0.4 is 5.32 Å². The molecule has 0 amide bonds. The zero-order chi connectivity index (χ0) is 11.5. The minimum atomic E-state index is 0.633. The Morgan fingerprint density at radius 1 is 1.31 bits per heavy atom. The molecule has 1 N–H and O–H groups in total. The minimum absolute atomic E-state index is 0.633. The summed E-state index contributed by atoms with van der Waals surface area (Å²) in [5.41, 5.74) is 2.33. The molecule has 0 aliphatic heterocycles. The van der Waals surface area contributed by atoms with Gasteiger partial charge in [0.25, 0.3) is 0 Å². The van der Waals surface area contributed by atoms with Gasteiger partial charge in [-0.1, -0.05) is 26.0 Å². The molecule has 0 spiro atoms. The monoisotopic (exact) mass is 217 g/mol. The van der Waals surface area contributed by atoms with E-state index < -0.39 is 0 Å². The third-order valence-corrected chi connectivity index (χ3v) is 2.62. The van der Waals surface area contributed by atoms with Gasteiger partial charge in [0.05, 0.1) is 17.6 Å². The molecular weight excluding hydrogens is 198 g/mol. The molecule has 0 aliphatic rings. The molecule has 1 aromatic heterocycles. The van der Waals surface area contributed by atoms with E-state index in [4.69, 9.17) is 0 Å². The van der Waals surface area contributed by atoms with Crippen LogP contribution in [0.4, 0.5) is 0 Å². The summed E-state index contributed by atoms with van der Waals surface area (Å²) < 4.78 is 2.32.